The lowest BCUT2D eigenvalue weighted by atomic mass is 10.1. The third-order valence-electron chi connectivity index (χ3n) is 5.17. The Morgan fingerprint density at radius 1 is 0.875 bits per heavy atom. The zero-order chi connectivity index (χ0) is 22.9. The molecule has 4 nitrogen and oxygen atoms in total. The van der Waals surface area contributed by atoms with E-state index in [1.807, 2.05) is 54.6 Å². The van der Waals surface area contributed by atoms with Gasteiger partial charge >= 0.3 is 0 Å². The minimum Gasteiger partial charge on any atom is -0.496 e. The Morgan fingerprint density at radius 2 is 1.59 bits per heavy atom. The summed E-state index contributed by atoms with van der Waals surface area (Å²) < 4.78 is 5.43. The molecule has 0 unspecified atom stereocenters. The largest absolute Gasteiger partial charge is 0.496 e. The Balaban J connectivity index is 0.000000352. The standard InChI is InChI=1S/C19H19Cl2N3O.C6H5Cl/c1-25-19-10-14(12-22)2-3-15(19)13-23-6-8-24(9-7-23)18-5-4-16(20)11-17(18)21;7-6-4-2-1-3-5-6/h2-5,10-11H,6-9,13H2,1H3;1-5H. The second-order valence-electron chi connectivity index (χ2n) is 7.29. The van der Waals surface area contributed by atoms with Crippen LogP contribution in [0.5, 0.6) is 5.75 Å². The van der Waals surface area contributed by atoms with Gasteiger partial charge in [0.1, 0.15) is 5.75 Å². The number of methoxy groups -OCH3 is 1. The van der Waals surface area contributed by atoms with E-state index < -0.39 is 0 Å². The fourth-order valence-corrected chi connectivity index (χ4v) is 4.16. The molecule has 0 aromatic heterocycles. The van der Waals surface area contributed by atoms with Crippen LogP contribution in [0.15, 0.2) is 66.7 Å². The molecule has 1 aliphatic rings. The van der Waals surface area contributed by atoms with E-state index in [4.69, 9.17) is 44.8 Å². The summed E-state index contributed by atoms with van der Waals surface area (Å²) in [4.78, 5) is 4.66. The van der Waals surface area contributed by atoms with E-state index in [1.165, 1.54) is 0 Å². The highest BCUT2D eigenvalue weighted by Gasteiger charge is 2.20. The van der Waals surface area contributed by atoms with Crippen LogP contribution in [0.3, 0.4) is 0 Å². The molecule has 1 saturated heterocycles. The molecule has 0 radical (unpaired) electrons. The molecule has 0 spiro atoms. The Labute approximate surface area is 204 Å². The van der Waals surface area contributed by atoms with Gasteiger partial charge in [-0.1, -0.05) is 59.1 Å². The predicted octanol–water partition coefficient (Wildman–Crippen LogP) is 6.54. The molecule has 7 heteroatoms. The van der Waals surface area contributed by atoms with E-state index in [9.17, 15) is 0 Å². The van der Waals surface area contributed by atoms with Gasteiger partial charge in [0.2, 0.25) is 0 Å². The van der Waals surface area contributed by atoms with E-state index >= 15 is 0 Å². The molecule has 1 heterocycles. The van der Waals surface area contributed by atoms with Crippen molar-refractivity contribution in [1.29, 1.82) is 5.26 Å². The van der Waals surface area contributed by atoms with Crippen molar-refractivity contribution < 1.29 is 4.74 Å². The Bertz CT molecular complexity index is 1060. The maximum absolute atomic E-state index is 9.01. The molecule has 1 aliphatic heterocycles. The lowest BCUT2D eigenvalue weighted by Crippen LogP contribution is -2.46. The van der Waals surface area contributed by atoms with Gasteiger partial charge in [-0.05, 0) is 42.5 Å². The average Bonchev–Trinajstić information content (AvgIpc) is 2.81. The fraction of sp³-hybridized carbons (Fsp3) is 0.240. The minimum absolute atomic E-state index is 0.614. The lowest BCUT2D eigenvalue weighted by molar-refractivity contribution is 0.246. The maximum atomic E-state index is 9.01. The number of benzene rings is 3. The molecular weight excluding hydrogens is 465 g/mol. The first-order chi connectivity index (χ1) is 15.5. The average molecular weight is 489 g/mol. The number of anilines is 1. The van der Waals surface area contributed by atoms with Gasteiger partial charge in [0.05, 0.1) is 29.5 Å². The molecule has 32 heavy (non-hydrogen) atoms. The van der Waals surface area contributed by atoms with Crippen LogP contribution in [-0.4, -0.2) is 38.2 Å². The van der Waals surface area contributed by atoms with E-state index in [-0.39, 0.29) is 0 Å². The first-order valence-electron chi connectivity index (χ1n) is 10.2. The number of nitrogens with zero attached hydrogens (tertiary/aromatic N) is 3. The van der Waals surface area contributed by atoms with Crippen molar-refractivity contribution >= 4 is 40.5 Å². The van der Waals surface area contributed by atoms with E-state index in [0.29, 0.717) is 15.6 Å². The van der Waals surface area contributed by atoms with Crippen LogP contribution in [0.25, 0.3) is 0 Å². The Hall–Kier alpha value is -2.42. The summed E-state index contributed by atoms with van der Waals surface area (Å²) in [6.07, 6.45) is 0. The van der Waals surface area contributed by atoms with Gasteiger partial charge in [0.15, 0.2) is 0 Å². The molecule has 4 rings (SSSR count). The Kier molecular flexibility index (Phi) is 9.08. The molecule has 3 aromatic carbocycles. The second kappa shape index (κ2) is 12.0. The number of hydrogen-bond acceptors (Lipinski definition) is 4. The third kappa shape index (κ3) is 6.79. The van der Waals surface area contributed by atoms with Gasteiger partial charge in [-0.3, -0.25) is 4.90 Å². The molecule has 0 N–H and O–H groups in total. The summed E-state index contributed by atoms with van der Waals surface area (Å²) in [7, 11) is 1.64. The fourth-order valence-electron chi connectivity index (χ4n) is 3.48. The first-order valence-corrected chi connectivity index (χ1v) is 11.3. The van der Waals surface area contributed by atoms with E-state index in [0.717, 1.165) is 54.7 Å². The summed E-state index contributed by atoms with van der Waals surface area (Å²) in [5.74, 6) is 0.766. The van der Waals surface area contributed by atoms with Crippen LogP contribution < -0.4 is 9.64 Å². The van der Waals surface area contributed by atoms with E-state index in [1.54, 1.807) is 19.2 Å². The number of hydrogen-bond donors (Lipinski definition) is 0. The van der Waals surface area contributed by atoms with Crippen molar-refractivity contribution in [2.75, 3.05) is 38.2 Å². The van der Waals surface area contributed by atoms with Crippen molar-refractivity contribution in [1.82, 2.24) is 4.90 Å². The minimum atomic E-state index is 0.614. The first kappa shape index (κ1) is 24.2. The SMILES string of the molecule is COc1cc(C#N)ccc1CN1CCN(c2ccc(Cl)cc2Cl)CC1.Clc1ccccc1. The van der Waals surface area contributed by atoms with Crippen LogP contribution in [0.2, 0.25) is 15.1 Å². The Morgan fingerprint density at radius 3 is 2.16 bits per heavy atom. The summed E-state index contributed by atoms with van der Waals surface area (Å²) in [6, 6.07) is 22.8. The number of nitriles is 1. The summed E-state index contributed by atoms with van der Waals surface area (Å²) in [5.41, 5.74) is 2.74. The van der Waals surface area contributed by atoms with Gasteiger partial charge in [-0.15, -0.1) is 0 Å². The number of halogens is 3. The number of piperazine rings is 1. The second-order valence-corrected chi connectivity index (χ2v) is 8.57. The predicted molar refractivity (Wildman–Crippen MR) is 133 cm³/mol. The van der Waals surface area contributed by atoms with Crippen molar-refractivity contribution in [3.8, 4) is 11.8 Å². The van der Waals surface area contributed by atoms with Gasteiger partial charge in [-0.2, -0.15) is 5.26 Å². The van der Waals surface area contributed by atoms with Crippen molar-refractivity contribution in [3.05, 3.63) is 92.9 Å². The monoisotopic (exact) mass is 487 g/mol. The summed E-state index contributed by atoms with van der Waals surface area (Å²) in [5, 5.41) is 11.1. The van der Waals surface area contributed by atoms with E-state index in [2.05, 4.69) is 15.9 Å². The molecule has 0 saturated carbocycles. The molecule has 0 aliphatic carbocycles. The highest BCUT2D eigenvalue weighted by Crippen LogP contribution is 2.30. The van der Waals surface area contributed by atoms with Gasteiger partial charge in [0, 0.05) is 48.3 Å². The topological polar surface area (TPSA) is 39.5 Å². The van der Waals surface area contributed by atoms with Crippen molar-refractivity contribution in [2.45, 2.75) is 6.54 Å². The molecule has 166 valence electrons. The van der Waals surface area contributed by atoms with Crippen LogP contribution in [0, 0.1) is 11.3 Å². The molecule has 0 amide bonds. The molecule has 0 bridgehead atoms. The highest BCUT2D eigenvalue weighted by atomic mass is 35.5. The molecule has 3 aromatic rings. The molecule has 1 fully saturated rings. The zero-order valence-corrected chi connectivity index (χ0v) is 20.0. The van der Waals surface area contributed by atoms with Crippen LogP contribution in [0.1, 0.15) is 11.1 Å². The molecule has 0 atom stereocenters. The normalized spacial score (nSPS) is 13.7. The van der Waals surface area contributed by atoms with Gasteiger partial charge < -0.3 is 9.64 Å². The summed E-state index contributed by atoms with van der Waals surface area (Å²) >= 11 is 17.8. The highest BCUT2D eigenvalue weighted by molar-refractivity contribution is 6.36. The number of ether oxygens (including phenoxy) is 1. The van der Waals surface area contributed by atoms with Crippen LogP contribution >= 0.6 is 34.8 Å². The van der Waals surface area contributed by atoms with Crippen molar-refractivity contribution in [2.24, 2.45) is 0 Å². The quantitative estimate of drug-likeness (QED) is 0.418. The van der Waals surface area contributed by atoms with Crippen molar-refractivity contribution in [3.63, 3.8) is 0 Å². The number of rotatable bonds is 4. The zero-order valence-electron chi connectivity index (χ0n) is 17.8. The molecular formula is C25H24Cl3N3O. The third-order valence-corrected chi connectivity index (χ3v) is 5.96. The van der Waals surface area contributed by atoms with Gasteiger partial charge in [-0.25, -0.2) is 0 Å². The maximum Gasteiger partial charge on any atom is 0.124 e. The lowest BCUT2D eigenvalue weighted by Gasteiger charge is -2.36. The smallest absolute Gasteiger partial charge is 0.124 e. The van der Waals surface area contributed by atoms with Gasteiger partial charge in [0.25, 0.3) is 0 Å². The van der Waals surface area contributed by atoms with Crippen LogP contribution in [-0.2, 0) is 6.54 Å². The summed E-state index contributed by atoms with van der Waals surface area (Å²) in [6.45, 7) is 4.47. The van der Waals surface area contributed by atoms with Crippen LogP contribution in [0.4, 0.5) is 5.69 Å².